The molecule has 0 bridgehead atoms. The van der Waals surface area contributed by atoms with Crippen molar-refractivity contribution in [1.29, 1.82) is 0 Å². The number of carbonyl (C=O) groups is 2. The fourth-order valence-corrected chi connectivity index (χ4v) is 4.48. The number of methoxy groups -OCH3 is 1. The second-order valence-corrected chi connectivity index (χ2v) is 8.10. The van der Waals surface area contributed by atoms with Crippen LogP contribution in [0.15, 0.2) is 24.3 Å². The lowest BCUT2D eigenvalue weighted by molar-refractivity contribution is -0.116. The van der Waals surface area contributed by atoms with Crippen molar-refractivity contribution in [3.8, 4) is 0 Å². The van der Waals surface area contributed by atoms with Crippen LogP contribution >= 0.6 is 0 Å². The van der Waals surface area contributed by atoms with Gasteiger partial charge in [0, 0.05) is 19.0 Å². The average molecular weight is 354 g/mol. The Labute approximate surface area is 141 Å². The van der Waals surface area contributed by atoms with Crippen molar-refractivity contribution in [2.45, 2.75) is 18.9 Å². The van der Waals surface area contributed by atoms with Crippen LogP contribution < -0.4 is 5.32 Å². The minimum Gasteiger partial charge on any atom is -0.465 e. The molecule has 132 valence electrons. The van der Waals surface area contributed by atoms with Crippen LogP contribution in [0.4, 0.5) is 5.69 Å². The summed E-state index contributed by atoms with van der Waals surface area (Å²) < 4.78 is 27.7. The Morgan fingerprint density at radius 1 is 1.33 bits per heavy atom. The Bertz CT molecular complexity index is 717. The van der Waals surface area contributed by atoms with Crippen LogP contribution in [0.1, 0.15) is 23.2 Å². The molecule has 1 unspecified atom stereocenters. The predicted octanol–water partition coefficient (Wildman–Crippen LogP) is 0.921. The highest BCUT2D eigenvalue weighted by molar-refractivity contribution is 7.91. The van der Waals surface area contributed by atoms with Gasteiger partial charge in [0.25, 0.3) is 0 Å². The fourth-order valence-electron chi connectivity index (χ4n) is 2.68. The summed E-state index contributed by atoms with van der Waals surface area (Å²) in [5, 5.41) is 2.70. The van der Waals surface area contributed by atoms with Gasteiger partial charge in [0.15, 0.2) is 9.84 Å². The summed E-state index contributed by atoms with van der Waals surface area (Å²) in [7, 11) is 0.165. The molecule has 1 aliphatic rings. The number of ether oxygens (including phenoxy) is 1. The van der Waals surface area contributed by atoms with E-state index in [1.165, 1.54) is 7.11 Å². The standard InChI is InChI=1S/C16H22N2O5S/c1-18(12-8-10-24(21,22)11-12)9-7-15(19)17-14-6-4-3-5-13(14)16(20)23-2/h3-6,12H,7-11H2,1-2H3,(H,17,19). The molecule has 1 atom stereocenters. The number of hydrogen-bond acceptors (Lipinski definition) is 6. The fraction of sp³-hybridized carbons (Fsp3) is 0.500. The summed E-state index contributed by atoms with van der Waals surface area (Å²) in [5.74, 6) is -0.393. The van der Waals surface area contributed by atoms with Gasteiger partial charge >= 0.3 is 5.97 Å². The third-order valence-corrected chi connectivity index (χ3v) is 5.88. The van der Waals surface area contributed by atoms with Crippen molar-refractivity contribution in [2.75, 3.05) is 37.5 Å². The number of amides is 1. The van der Waals surface area contributed by atoms with Crippen molar-refractivity contribution < 1.29 is 22.7 Å². The molecular formula is C16H22N2O5S. The lowest BCUT2D eigenvalue weighted by atomic mass is 10.1. The highest BCUT2D eigenvalue weighted by atomic mass is 32.2. The van der Waals surface area contributed by atoms with E-state index < -0.39 is 15.8 Å². The van der Waals surface area contributed by atoms with E-state index in [1.807, 2.05) is 11.9 Å². The molecule has 1 N–H and O–H groups in total. The molecule has 1 fully saturated rings. The van der Waals surface area contributed by atoms with Crippen molar-refractivity contribution in [1.82, 2.24) is 4.90 Å². The predicted molar refractivity (Wildman–Crippen MR) is 90.7 cm³/mol. The third kappa shape index (κ3) is 4.78. The number of carbonyl (C=O) groups excluding carboxylic acids is 2. The molecule has 2 rings (SSSR count). The Balaban J connectivity index is 1.89. The first kappa shape index (κ1) is 18.4. The molecule has 0 spiro atoms. The number of nitrogens with zero attached hydrogens (tertiary/aromatic N) is 1. The number of esters is 1. The normalized spacial score (nSPS) is 19.2. The maximum atomic E-state index is 12.1. The topological polar surface area (TPSA) is 92.8 Å². The van der Waals surface area contributed by atoms with Gasteiger partial charge < -0.3 is 15.0 Å². The van der Waals surface area contributed by atoms with Gasteiger partial charge in [0.05, 0.1) is 29.9 Å². The van der Waals surface area contributed by atoms with Gasteiger partial charge in [-0.3, -0.25) is 4.79 Å². The molecule has 7 nitrogen and oxygen atoms in total. The summed E-state index contributed by atoms with van der Waals surface area (Å²) in [6.07, 6.45) is 0.814. The van der Waals surface area contributed by atoms with Gasteiger partial charge in [0.1, 0.15) is 0 Å². The maximum absolute atomic E-state index is 12.1. The highest BCUT2D eigenvalue weighted by Crippen LogP contribution is 2.18. The van der Waals surface area contributed by atoms with Crippen molar-refractivity contribution >= 4 is 27.4 Å². The maximum Gasteiger partial charge on any atom is 0.339 e. The van der Waals surface area contributed by atoms with Crippen molar-refractivity contribution in [2.24, 2.45) is 0 Å². The second kappa shape index (κ2) is 7.76. The van der Waals surface area contributed by atoms with Gasteiger partial charge in [-0.2, -0.15) is 0 Å². The molecular weight excluding hydrogens is 332 g/mol. The van der Waals surface area contributed by atoms with Gasteiger partial charge in [-0.05, 0) is 25.6 Å². The van der Waals surface area contributed by atoms with Gasteiger partial charge in [-0.15, -0.1) is 0 Å². The average Bonchev–Trinajstić information content (AvgIpc) is 2.92. The van der Waals surface area contributed by atoms with E-state index in [0.717, 1.165) is 0 Å². The van der Waals surface area contributed by atoms with Crippen LogP contribution in [-0.2, 0) is 19.4 Å². The minimum absolute atomic E-state index is 0.0369. The minimum atomic E-state index is -2.94. The Kier molecular flexibility index (Phi) is 5.95. The van der Waals surface area contributed by atoms with E-state index in [4.69, 9.17) is 0 Å². The molecule has 0 aromatic heterocycles. The van der Waals surface area contributed by atoms with Crippen LogP contribution in [0.3, 0.4) is 0 Å². The Morgan fingerprint density at radius 2 is 2.04 bits per heavy atom. The molecule has 0 saturated carbocycles. The smallest absolute Gasteiger partial charge is 0.339 e. The molecule has 1 heterocycles. The number of rotatable bonds is 6. The SMILES string of the molecule is COC(=O)c1ccccc1NC(=O)CCN(C)C1CCS(=O)(=O)C1. The van der Waals surface area contributed by atoms with E-state index in [1.54, 1.807) is 24.3 Å². The lowest BCUT2D eigenvalue weighted by Gasteiger charge is -2.22. The first-order valence-electron chi connectivity index (χ1n) is 7.70. The van der Waals surface area contributed by atoms with Crippen LogP contribution in [0, 0.1) is 0 Å². The first-order valence-corrected chi connectivity index (χ1v) is 9.52. The summed E-state index contributed by atoms with van der Waals surface area (Å²) in [6.45, 7) is 0.451. The Hall–Kier alpha value is -1.93. The molecule has 8 heteroatoms. The second-order valence-electron chi connectivity index (χ2n) is 5.87. The van der Waals surface area contributed by atoms with E-state index >= 15 is 0 Å². The molecule has 0 radical (unpaired) electrons. The van der Waals surface area contributed by atoms with Gasteiger partial charge in [-0.25, -0.2) is 13.2 Å². The van der Waals surface area contributed by atoms with E-state index in [0.29, 0.717) is 24.2 Å². The zero-order valence-electron chi connectivity index (χ0n) is 13.8. The first-order chi connectivity index (χ1) is 11.3. The van der Waals surface area contributed by atoms with E-state index in [9.17, 15) is 18.0 Å². The summed E-state index contributed by atoms with van der Waals surface area (Å²) >= 11 is 0. The summed E-state index contributed by atoms with van der Waals surface area (Å²) in [6, 6.07) is 6.59. The highest BCUT2D eigenvalue weighted by Gasteiger charge is 2.30. The molecule has 1 aliphatic heterocycles. The van der Waals surface area contributed by atoms with Crippen LogP contribution in [0.25, 0.3) is 0 Å². The number of hydrogen-bond donors (Lipinski definition) is 1. The molecule has 1 saturated heterocycles. The Morgan fingerprint density at radius 3 is 2.67 bits per heavy atom. The molecule has 1 aromatic rings. The van der Waals surface area contributed by atoms with Crippen LogP contribution in [0.5, 0.6) is 0 Å². The van der Waals surface area contributed by atoms with Crippen molar-refractivity contribution in [3.63, 3.8) is 0 Å². The number of benzene rings is 1. The van der Waals surface area contributed by atoms with E-state index in [2.05, 4.69) is 10.1 Å². The quantitative estimate of drug-likeness (QED) is 0.764. The summed E-state index contributed by atoms with van der Waals surface area (Å²) in [4.78, 5) is 25.7. The lowest BCUT2D eigenvalue weighted by Crippen LogP contribution is -2.35. The third-order valence-electron chi connectivity index (χ3n) is 4.13. The zero-order valence-corrected chi connectivity index (χ0v) is 14.6. The number of para-hydroxylation sites is 1. The molecule has 1 aromatic carbocycles. The van der Waals surface area contributed by atoms with Gasteiger partial charge in [-0.1, -0.05) is 12.1 Å². The summed E-state index contributed by atoms with van der Waals surface area (Å²) in [5.41, 5.74) is 0.698. The van der Waals surface area contributed by atoms with Gasteiger partial charge in [0.2, 0.25) is 5.91 Å². The van der Waals surface area contributed by atoms with Crippen LogP contribution in [0.2, 0.25) is 0 Å². The number of sulfone groups is 1. The largest absolute Gasteiger partial charge is 0.465 e. The number of nitrogens with one attached hydrogen (secondary N) is 1. The van der Waals surface area contributed by atoms with E-state index in [-0.39, 0.29) is 29.9 Å². The number of anilines is 1. The molecule has 24 heavy (non-hydrogen) atoms. The van der Waals surface area contributed by atoms with Crippen molar-refractivity contribution in [3.05, 3.63) is 29.8 Å². The molecule has 0 aliphatic carbocycles. The zero-order chi connectivity index (χ0) is 17.7. The monoisotopic (exact) mass is 354 g/mol. The van der Waals surface area contributed by atoms with Crippen LogP contribution in [-0.4, -0.2) is 63.4 Å². The molecule has 1 amide bonds.